The Morgan fingerprint density at radius 2 is 1.59 bits per heavy atom. The normalized spacial score (nSPS) is 10.4. The minimum atomic E-state index is -0.866. The Morgan fingerprint density at radius 1 is 0.963 bits per heavy atom. The lowest BCUT2D eigenvalue weighted by molar-refractivity contribution is -0.386. The lowest BCUT2D eigenvalue weighted by Gasteiger charge is -2.10. The van der Waals surface area contributed by atoms with Gasteiger partial charge in [-0.15, -0.1) is 0 Å². The number of ether oxygens (including phenoxy) is 2. The van der Waals surface area contributed by atoms with Crippen LogP contribution in [0.5, 0.6) is 11.5 Å². The van der Waals surface area contributed by atoms with Crippen molar-refractivity contribution in [1.29, 1.82) is 0 Å². The van der Waals surface area contributed by atoms with Crippen molar-refractivity contribution in [3.8, 4) is 11.5 Å². The van der Waals surface area contributed by atoms with Crippen LogP contribution in [0.3, 0.4) is 0 Å². The molecule has 0 saturated carbocycles. The second kappa shape index (κ2) is 8.52. The molecule has 0 radical (unpaired) electrons. The van der Waals surface area contributed by atoms with Crippen LogP contribution in [0.15, 0.2) is 48.5 Å². The average Bonchev–Trinajstić information content (AvgIpc) is 2.60. The number of hydrogen-bond donors (Lipinski definition) is 0. The van der Waals surface area contributed by atoms with Crippen molar-refractivity contribution in [3.63, 3.8) is 0 Å². The van der Waals surface area contributed by atoms with Crippen LogP contribution in [0.1, 0.15) is 29.8 Å². The number of hydrogen-bond acceptors (Lipinski definition) is 7. The molecule has 0 atom stereocenters. The van der Waals surface area contributed by atoms with E-state index in [1.165, 1.54) is 12.2 Å². The molecule has 8 heteroatoms. The van der Waals surface area contributed by atoms with Crippen LogP contribution >= 0.6 is 0 Å². The molecular weight excluding hydrogens is 354 g/mol. The summed E-state index contributed by atoms with van der Waals surface area (Å²) in [4.78, 5) is 45.7. The van der Waals surface area contributed by atoms with Gasteiger partial charge in [-0.2, -0.15) is 0 Å². The zero-order valence-electron chi connectivity index (χ0n) is 14.5. The Hall–Kier alpha value is -3.81. The standard InChI is InChI=1S/C19H15NO7/c1-12(21)26-17-11-9-15(18(20(24)25)19(17)27-13(2)22)16(23)10-8-14-6-4-3-5-7-14/h3-11H,1-2H3/b10-8+. The number of nitro groups is 1. The summed E-state index contributed by atoms with van der Waals surface area (Å²) in [6.45, 7) is 2.12. The minimum Gasteiger partial charge on any atom is -0.422 e. The third kappa shape index (κ3) is 5.08. The first kappa shape index (κ1) is 19.5. The van der Waals surface area contributed by atoms with Crippen molar-refractivity contribution >= 4 is 29.5 Å². The molecule has 2 aromatic carbocycles. The van der Waals surface area contributed by atoms with Gasteiger partial charge < -0.3 is 9.47 Å². The summed E-state index contributed by atoms with van der Waals surface area (Å²) in [7, 11) is 0. The molecule has 0 unspecified atom stereocenters. The van der Waals surface area contributed by atoms with Gasteiger partial charge in [0.25, 0.3) is 5.75 Å². The lowest BCUT2D eigenvalue weighted by Crippen LogP contribution is -2.11. The van der Waals surface area contributed by atoms with E-state index in [9.17, 15) is 24.5 Å². The Balaban J connectivity index is 2.53. The maximum absolute atomic E-state index is 12.5. The topological polar surface area (TPSA) is 113 Å². The van der Waals surface area contributed by atoms with Crippen molar-refractivity contribution in [2.45, 2.75) is 13.8 Å². The number of ketones is 1. The third-order valence-electron chi connectivity index (χ3n) is 3.27. The van der Waals surface area contributed by atoms with Gasteiger partial charge in [0.15, 0.2) is 11.5 Å². The fourth-order valence-corrected chi connectivity index (χ4v) is 2.24. The quantitative estimate of drug-likeness (QED) is 0.192. The number of carbonyl (C=O) groups is 3. The Kier molecular flexibility index (Phi) is 6.16. The highest BCUT2D eigenvalue weighted by Gasteiger charge is 2.30. The van der Waals surface area contributed by atoms with Gasteiger partial charge in [-0.25, -0.2) is 0 Å². The van der Waals surface area contributed by atoms with E-state index in [4.69, 9.17) is 9.47 Å². The van der Waals surface area contributed by atoms with Gasteiger partial charge in [0.05, 0.1) is 4.92 Å². The van der Waals surface area contributed by atoms with Gasteiger partial charge >= 0.3 is 17.6 Å². The molecule has 138 valence electrons. The molecule has 0 heterocycles. The molecule has 0 saturated heterocycles. The molecule has 2 aromatic rings. The molecule has 0 N–H and O–H groups in total. The zero-order valence-corrected chi connectivity index (χ0v) is 14.5. The van der Waals surface area contributed by atoms with Gasteiger partial charge in [0.2, 0.25) is 0 Å². The molecule has 0 bridgehead atoms. The van der Waals surface area contributed by atoms with Crippen molar-refractivity contribution < 1.29 is 28.8 Å². The first-order valence-corrected chi connectivity index (χ1v) is 7.75. The fourth-order valence-electron chi connectivity index (χ4n) is 2.24. The summed E-state index contributed by atoms with van der Waals surface area (Å²) in [6, 6.07) is 11.2. The van der Waals surface area contributed by atoms with Crippen molar-refractivity contribution in [2.75, 3.05) is 0 Å². The number of nitrogens with zero attached hydrogens (tertiary/aromatic N) is 1. The maximum atomic E-state index is 12.5. The van der Waals surface area contributed by atoms with E-state index in [1.54, 1.807) is 24.3 Å². The van der Waals surface area contributed by atoms with E-state index < -0.39 is 34.1 Å². The van der Waals surface area contributed by atoms with E-state index in [1.807, 2.05) is 6.07 Å². The molecule has 0 fully saturated rings. The number of benzene rings is 2. The molecule has 27 heavy (non-hydrogen) atoms. The largest absolute Gasteiger partial charge is 0.422 e. The predicted octanol–water partition coefficient (Wildman–Crippen LogP) is 3.34. The second-order valence-electron chi connectivity index (χ2n) is 5.34. The van der Waals surface area contributed by atoms with Crippen molar-refractivity contribution in [2.24, 2.45) is 0 Å². The molecule has 0 amide bonds. The van der Waals surface area contributed by atoms with Crippen LogP contribution < -0.4 is 9.47 Å². The van der Waals surface area contributed by atoms with E-state index in [0.717, 1.165) is 31.5 Å². The van der Waals surface area contributed by atoms with Gasteiger partial charge in [0, 0.05) is 13.8 Å². The summed E-state index contributed by atoms with van der Waals surface area (Å²) < 4.78 is 9.71. The van der Waals surface area contributed by atoms with E-state index in [0.29, 0.717) is 0 Å². The minimum absolute atomic E-state index is 0.306. The number of allylic oxidation sites excluding steroid dienone is 1. The third-order valence-corrected chi connectivity index (χ3v) is 3.27. The highest BCUT2D eigenvalue weighted by Crippen LogP contribution is 2.40. The number of esters is 2. The smallest absolute Gasteiger partial charge is 0.326 e. The monoisotopic (exact) mass is 369 g/mol. The molecule has 0 aliphatic heterocycles. The van der Waals surface area contributed by atoms with Crippen LogP contribution in [0.25, 0.3) is 6.08 Å². The van der Waals surface area contributed by atoms with Gasteiger partial charge in [-0.1, -0.05) is 36.4 Å². The second-order valence-corrected chi connectivity index (χ2v) is 5.34. The van der Waals surface area contributed by atoms with Gasteiger partial charge in [-0.3, -0.25) is 24.5 Å². The first-order chi connectivity index (χ1) is 12.8. The van der Waals surface area contributed by atoms with Gasteiger partial charge in [0.1, 0.15) is 5.56 Å². The summed E-state index contributed by atoms with van der Waals surface area (Å²) in [5.74, 6) is -3.22. The molecule has 2 rings (SSSR count). The van der Waals surface area contributed by atoms with Crippen LogP contribution in [0.4, 0.5) is 5.69 Å². The summed E-state index contributed by atoms with van der Waals surface area (Å²) in [5, 5.41) is 11.5. The highest BCUT2D eigenvalue weighted by molar-refractivity contribution is 6.10. The highest BCUT2D eigenvalue weighted by atomic mass is 16.6. The molecular formula is C19H15NO7. The molecule has 8 nitrogen and oxygen atoms in total. The number of nitro benzene ring substituents is 1. The van der Waals surface area contributed by atoms with Crippen molar-refractivity contribution in [1.82, 2.24) is 0 Å². The summed E-state index contributed by atoms with van der Waals surface area (Å²) >= 11 is 0. The van der Waals surface area contributed by atoms with E-state index in [2.05, 4.69) is 0 Å². The number of carbonyl (C=O) groups excluding carboxylic acids is 3. The molecule has 0 spiro atoms. The predicted molar refractivity (Wildman–Crippen MR) is 95.5 cm³/mol. The maximum Gasteiger partial charge on any atom is 0.326 e. The van der Waals surface area contributed by atoms with E-state index in [-0.39, 0.29) is 11.3 Å². The average molecular weight is 369 g/mol. The van der Waals surface area contributed by atoms with E-state index >= 15 is 0 Å². The van der Waals surface area contributed by atoms with Gasteiger partial charge in [-0.05, 0) is 23.8 Å². The summed E-state index contributed by atoms with van der Waals surface area (Å²) in [5.41, 5.74) is -0.337. The summed E-state index contributed by atoms with van der Waals surface area (Å²) in [6.07, 6.45) is 2.66. The SMILES string of the molecule is CC(=O)Oc1ccc(C(=O)/C=C/c2ccccc2)c([N+](=O)[O-])c1OC(C)=O. The van der Waals surface area contributed by atoms with Crippen LogP contribution in [0, 0.1) is 10.1 Å². The van der Waals surface area contributed by atoms with Crippen molar-refractivity contribution in [3.05, 3.63) is 69.8 Å². The zero-order chi connectivity index (χ0) is 20.0. The van der Waals surface area contributed by atoms with Crippen LogP contribution in [-0.4, -0.2) is 22.6 Å². The number of rotatable bonds is 6. The van der Waals surface area contributed by atoms with Crippen LogP contribution in [-0.2, 0) is 9.59 Å². The molecule has 0 aliphatic carbocycles. The molecule has 0 aliphatic rings. The Bertz CT molecular complexity index is 933. The fraction of sp³-hybridized carbons (Fsp3) is 0.105. The van der Waals surface area contributed by atoms with Crippen LogP contribution in [0.2, 0.25) is 0 Å². The Labute approximate surface area is 154 Å². The molecule has 0 aromatic heterocycles. The first-order valence-electron chi connectivity index (χ1n) is 7.75. The Morgan fingerprint density at radius 3 is 2.15 bits per heavy atom. The lowest BCUT2D eigenvalue weighted by atomic mass is 10.1.